The van der Waals surface area contributed by atoms with Gasteiger partial charge in [-0.25, -0.2) is 4.98 Å². The molecular formula is C13H13ClN4O3. The van der Waals surface area contributed by atoms with Crippen molar-refractivity contribution in [2.75, 3.05) is 11.9 Å². The molecule has 1 aromatic heterocycles. The zero-order valence-corrected chi connectivity index (χ0v) is 12.2. The first-order chi connectivity index (χ1) is 10.0. The molecule has 7 nitrogen and oxygen atoms in total. The molecule has 21 heavy (non-hydrogen) atoms. The largest absolute Gasteiger partial charge is 0.434 e. The molecule has 1 aromatic carbocycles. The number of anilines is 1. The summed E-state index contributed by atoms with van der Waals surface area (Å²) in [5.41, 5.74) is -0.0420. The van der Waals surface area contributed by atoms with Gasteiger partial charge in [0.25, 0.3) is 0 Å². The van der Waals surface area contributed by atoms with E-state index in [4.69, 9.17) is 16.3 Å². The highest BCUT2D eigenvalue weighted by Gasteiger charge is 2.24. The molecular weight excluding hydrogens is 296 g/mol. The topological polar surface area (TPSA) is 90.2 Å². The normalized spacial score (nSPS) is 10.2. The number of nitrogens with zero attached hydrogens (tertiary/aromatic N) is 3. The first-order valence-electron chi connectivity index (χ1n) is 6.21. The Labute approximate surface area is 126 Å². The smallest absolute Gasteiger partial charge is 0.352 e. The molecule has 110 valence electrons. The number of hydrogen-bond acceptors (Lipinski definition) is 6. The zero-order valence-electron chi connectivity index (χ0n) is 11.5. The van der Waals surface area contributed by atoms with Crippen LogP contribution in [-0.4, -0.2) is 21.4 Å². The van der Waals surface area contributed by atoms with E-state index in [2.05, 4.69) is 15.3 Å². The van der Waals surface area contributed by atoms with Gasteiger partial charge < -0.3 is 10.1 Å². The van der Waals surface area contributed by atoms with E-state index in [1.54, 1.807) is 24.3 Å². The van der Waals surface area contributed by atoms with Gasteiger partial charge in [-0.3, -0.25) is 10.1 Å². The van der Waals surface area contributed by atoms with Crippen LogP contribution in [0.1, 0.15) is 12.6 Å². The van der Waals surface area contributed by atoms with Gasteiger partial charge in [-0.2, -0.15) is 4.98 Å². The molecule has 2 rings (SSSR count). The monoisotopic (exact) mass is 308 g/mol. The van der Waals surface area contributed by atoms with Crippen LogP contribution in [0.3, 0.4) is 0 Å². The minimum absolute atomic E-state index is 0.120. The van der Waals surface area contributed by atoms with Crippen molar-refractivity contribution in [1.82, 2.24) is 9.97 Å². The summed E-state index contributed by atoms with van der Waals surface area (Å²) >= 11 is 5.87. The van der Waals surface area contributed by atoms with Crippen LogP contribution in [0.15, 0.2) is 24.3 Å². The number of benzene rings is 1. The van der Waals surface area contributed by atoms with Crippen molar-refractivity contribution in [3.05, 3.63) is 45.1 Å². The molecule has 0 fully saturated rings. The van der Waals surface area contributed by atoms with Crippen LogP contribution in [-0.2, 0) is 0 Å². The Morgan fingerprint density at radius 2 is 2.19 bits per heavy atom. The van der Waals surface area contributed by atoms with Crippen LogP contribution in [0.4, 0.5) is 11.6 Å². The Bertz CT molecular complexity index is 678. The number of aryl methyl sites for hydroxylation is 1. The van der Waals surface area contributed by atoms with Gasteiger partial charge in [0.1, 0.15) is 11.4 Å². The van der Waals surface area contributed by atoms with E-state index >= 15 is 0 Å². The molecule has 1 N–H and O–H groups in total. The van der Waals surface area contributed by atoms with Crippen molar-refractivity contribution < 1.29 is 9.66 Å². The first kappa shape index (κ1) is 15.0. The Morgan fingerprint density at radius 1 is 1.43 bits per heavy atom. The van der Waals surface area contributed by atoms with Crippen molar-refractivity contribution in [3.8, 4) is 11.6 Å². The van der Waals surface area contributed by atoms with Crippen molar-refractivity contribution >= 4 is 23.2 Å². The third-order valence-electron chi connectivity index (χ3n) is 2.55. The lowest BCUT2D eigenvalue weighted by atomic mass is 10.3. The summed E-state index contributed by atoms with van der Waals surface area (Å²) in [5.74, 6) is 0.523. The van der Waals surface area contributed by atoms with Crippen LogP contribution in [0.5, 0.6) is 11.6 Å². The predicted molar refractivity (Wildman–Crippen MR) is 79.1 cm³/mol. The zero-order chi connectivity index (χ0) is 15.4. The molecule has 0 saturated carbocycles. The summed E-state index contributed by atoms with van der Waals surface area (Å²) in [5, 5.41) is 14.5. The van der Waals surface area contributed by atoms with E-state index in [9.17, 15) is 10.1 Å². The minimum atomic E-state index is -0.565. The Morgan fingerprint density at radius 3 is 2.81 bits per heavy atom. The number of hydrogen-bond donors (Lipinski definition) is 1. The van der Waals surface area contributed by atoms with Crippen LogP contribution in [0.2, 0.25) is 5.02 Å². The molecule has 0 spiro atoms. The molecule has 0 amide bonds. The van der Waals surface area contributed by atoms with E-state index in [0.717, 1.165) is 0 Å². The molecule has 0 atom stereocenters. The quantitative estimate of drug-likeness (QED) is 0.670. The molecule has 0 radical (unpaired) electrons. The summed E-state index contributed by atoms with van der Waals surface area (Å²) in [6.07, 6.45) is 0. The second kappa shape index (κ2) is 6.36. The molecule has 0 unspecified atom stereocenters. The van der Waals surface area contributed by atoms with Gasteiger partial charge in [0.2, 0.25) is 5.95 Å². The van der Waals surface area contributed by atoms with E-state index < -0.39 is 4.92 Å². The number of aromatic nitrogens is 2. The van der Waals surface area contributed by atoms with Gasteiger partial charge in [-0.05, 0) is 32.0 Å². The maximum atomic E-state index is 11.2. The number of nitrogens with one attached hydrogen (secondary N) is 1. The number of nitro groups is 1. The van der Waals surface area contributed by atoms with Crippen LogP contribution in [0, 0.1) is 17.0 Å². The van der Waals surface area contributed by atoms with E-state index in [-0.39, 0.29) is 23.2 Å². The second-order valence-corrected chi connectivity index (χ2v) is 4.57. The van der Waals surface area contributed by atoms with Crippen molar-refractivity contribution in [1.29, 1.82) is 0 Å². The van der Waals surface area contributed by atoms with E-state index in [1.165, 1.54) is 6.92 Å². The fraction of sp³-hybridized carbons (Fsp3) is 0.231. The molecule has 0 aliphatic rings. The minimum Gasteiger partial charge on any atom is -0.434 e. The van der Waals surface area contributed by atoms with Crippen molar-refractivity contribution in [2.24, 2.45) is 0 Å². The van der Waals surface area contributed by atoms with Gasteiger partial charge in [0, 0.05) is 11.6 Å². The Hall–Kier alpha value is -2.41. The standard InChI is InChI=1S/C13H13ClN4O3/c1-3-15-13-16-8(2)11(18(19)20)12(17-13)21-10-6-4-5-9(14)7-10/h4-7H,3H2,1-2H3,(H,15,16,17). The first-order valence-corrected chi connectivity index (χ1v) is 6.59. The Balaban J connectivity index is 2.46. The Kier molecular flexibility index (Phi) is 4.54. The second-order valence-electron chi connectivity index (χ2n) is 4.13. The van der Waals surface area contributed by atoms with Gasteiger partial charge in [-0.15, -0.1) is 0 Å². The molecule has 0 bridgehead atoms. The summed E-state index contributed by atoms with van der Waals surface area (Å²) in [7, 11) is 0. The number of ether oxygens (including phenoxy) is 1. The molecule has 1 heterocycles. The third-order valence-corrected chi connectivity index (χ3v) is 2.79. The fourth-order valence-corrected chi connectivity index (χ4v) is 1.88. The van der Waals surface area contributed by atoms with Crippen LogP contribution < -0.4 is 10.1 Å². The molecule has 0 aliphatic heterocycles. The van der Waals surface area contributed by atoms with Gasteiger partial charge in [-0.1, -0.05) is 17.7 Å². The van der Waals surface area contributed by atoms with E-state index in [0.29, 0.717) is 17.3 Å². The maximum Gasteiger partial charge on any atom is 0.352 e. The maximum absolute atomic E-state index is 11.2. The fourth-order valence-electron chi connectivity index (χ4n) is 1.70. The third kappa shape index (κ3) is 3.57. The summed E-state index contributed by atoms with van der Waals surface area (Å²) in [6.45, 7) is 4.00. The van der Waals surface area contributed by atoms with E-state index in [1.807, 2.05) is 6.92 Å². The summed E-state index contributed by atoms with van der Waals surface area (Å²) in [6, 6.07) is 6.55. The highest BCUT2D eigenvalue weighted by molar-refractivity contribution is 6.30. The average Bonchev–Trinajstić information content (AvgIpc) is 2.38. The molecule has 8 heteroatoms. The van der Waals surface area contributed by atoms with Crippen molar-refractivity contribution in [3.63, 3.8) is 0 Å². The SMILES string of the molecule is CCNc1nc(C)c([N+](=O)[O-])c(Oc2cccc(Cl)c2)n1. The average molecular weight is 309 g/mol. The van der Waals surface area contributed by atoms with Crippen LogP contribution in [0.25, 0.3) is 0 Å². The number of rotatable bonds is 5. The molecule has 0 saturated heterocycles. The predicted octanol–water partition coefficient (Wildman–Crippen LogP) is 3.57. The van der Waals surface area contributed by atoms with Gasteiger partial charge in [0.15, 0.2) is 0 Å². The lowest BCUT2D eigenvalue weighted by Gasteiger charge is -2.09. The number of halogens is 1. The lowest BCUT2D eigenvalue weighted by molar-refractivity contribution is -0.386. The highest BCUT2D eigenvalue weighted by Crippen LogP contribution is 2.33. The van der Waals surface area contributed by atoms with Gasteiger partial charge >= 0.3 is 11.6 Å². The molecule has 2 aromatic rings. The van der Waals surface area contributed by atoms with Gasteiger partial charge in [0.05, 0.1) is 4.92 Å². The lowest BCUT2D eigenvalue weighted by Crippen LogP contribution is -2.07. The summed E-state index contributed by atoms with van der Waals surface area (Å²) < 4.78 is 5.50. The van der Waals surface area contributed by atoms with Crippen LogP contribution >= 0.6 is 11.6 Å². The van der Waals surface area contributed by atoms with Crippen molar-refractivity contribution in [2.45, 2.75) is 13.8 Å². The highest BCUT2D eigenvalue weighted by atomic mass is 35.5. The molecule has 0 aliphatic carbocycles. The summed E-state index contributed by atoms with van der Waals surface area (Å²) in [4.78, 5) is 18.7.